The average Bonchev–Trinajstić information content (AvgIpc) is 2.86. The molecule has 4 rings (SSSR count). The lowest BCUT2D eigenvalue weighted by Gasteiger charge is -2.08. The second kappa shape index (κ2) is 10.4. The Hall–Kier alpha value is -4.59. The average molecular weight is 459 g/mol. The maximum atomic E-state index is 12.5. The minimum atomic E-state index is -0.788. The molecule has 172 valence electrons. The van der Waals surface area contributed by atoms with Gasteiger partial charge in [0.25, 0.3) is 5.91 Å². The zero-order valence-electron chi connectivity index (χ0n) is 18.3. The van der Waals surface area contributed by atoms with Crippen molar-refractivity contribution < 1.29 is 28.2 Å². The van der Waals surface area contributed by atoms with Gasteiger partial charge in [-0.25, -0.2) is 9.59 Å². The van der Waals surface area contributed by atoms with Crippen LogP contribution in [-0.2, 0) is 11.3 Å². The predicted molar refractivity (Wildman–Crippen MR) is 124 cm³/mol. The van der Waals surface area contributed by atoms with Crippen LogP contribution < -0.4 is 25.2 Å². The third-order valence-electron chi connectivity index (χ3n) is 4.90. The molecule has 8 heteroatoms. The van der Waals surface area contributed by atoms with Crippen LogP contribution in [0.25, 0.3) is 11.0 Å². The van der Waals surface area contributed by atoms with Gasteiger partial charge in [0, 0.05) is 18.0 Å². The molecule has 0 spiro atoms. The maximum absolute atomic E-state index is 12.5. The normalized spacial score (nSPS) is 10.5. The number of methoxy groups -OCH3 is 1. The molecule has 0 bridgehead atoms. The third kappa shape index (κ3) is 5.60. The summed E-state index contributed by atoms with van der Waals surface area (Å²) in [6.07, 6.45) is 0. The zero-order valence-corrected chi connectivity index (χ0v) is 18.3. The van der Waals surface area contributed by atoms with Gasteiger partial charge in [-0.05, 0) is 48.0 Å². The van der Waals surface area contributed by atoms with Crippen LogP contribution in [-0.4, -0.2) is 25.6 Å². The van der Waals surface area contributed by atoms with E-state index in [9.17, 15) is 14.4 Å². The molecule has 0 aliphatic carbocycles. The first-order valence-electron chi connectivity index (χ1n) is 10.4. The van der Waals surface area contributed by atoms with Gasteiger partial charge in [-0.2, -0.15) is 0 Å². The molecule has 34 heavy (non-hydrogen) atoms. The van der Waals surface area contributed by atoms with E-state index < -0.39 is 17.5 Å². The minimum Gasteiger partial charge on any atom is -0.497 e. The number of carbonyl (C=O) groups is 2. The zero-order chi connectivity index (χ0) is 23.9. The summed E-state index contributed by atoms with van der Waals surface area (Å²) in [6.45, 7) is -0.0283. The number of esters is 1. The summed E-state index contributed by atoms with van der Waals surface area (Å²) in [5.41, 5.74) is 0.194. The van der Waals surface area contributed by atoms with Crippen molar-refractivity contribution in [2.24, 2.45) is 0 Å². The molecule has 1 amide bonds. The van der Waals surface area contributed by atoms with Gasteiger partial charge in [-0.15, -0.1) is 0 Å². The van der Waals surface area contributed by atoms with E-state index in [0.717, 1.165) is 5.56 Å². The molecule has 4 aromatic rings. The molecule has 1 aromatic heterocycles. The van der Waals surface area contributed by atoms with Crippen LogP contribution in [0.2, 0.25) is 0 Å². The van der Waals surface area contributed by atoms with Crippen molar-refractivity contribution in [3.05, 3.63) is 100 Å². The summed E-state index contributed by atoms with van der Waals surface area (Å²) < 4.78 is 21.0. The summed E-state index contributed by atoms with van der Waals surface area (Å²) >= 11 is 0. The quantitative estimate of drug-likeness (QED) is 0.243. The smallest absolute Gasteiger partial charge is 0.349 e. The van der Waals surface area contributed by atoms with Crippen molar-refractivity contribution in [2.45, 2.75) is 6.54 Å². The number of nitrogens with one attached hydrogen (secondary N) is 1. The molecule has 0 saturated carbocycles. The summed E-state index contributed by atoms with van der Waals surface area (Å²) in [7, 11) is 1.56. The van der Waals surface area contributed by atoms with Gasteiger partial charge in [0.2, 0.25) is 0 Å². The first kappa shape index (κ1) is 22.6. The van der Waals surface area contributed by atoms with E-state index in [-0.39, 0.29) is 30.0 Å². The Balaban J connectivity index is 1.39. The number of benzene rings is 3. The first-order chi connectivity index (χ1) is 16.5. The third-order valence-corrected chi connectivity index (χ3v) is 4.90. The Morgan fingerprint density at radius 1 is 0.882 bits per heavy atom. The summed E-state index contributed by atoms with van der Waals surface area (Å²) in [6, 6.07) is 22.1. The number of carbonyl (C=O) groups excluding carboxylic acids is 2. The van der Waals surface area contributed by atoms with Gasteiger partial charge in [-0.3, -0.25) is 4.79 Å². The largest absolute Gasteiger partial charge is 0.497 e. The first-order valence-corrected chi connectivity index (χ1v) is 10.4. The minimum absolute atomic E-state index is 0.110. The summed E-state index contributed by atoms with van der Waals surface area (Å²) in [4.78, 5) is 36.9. The van der Waals surface area contributed by atoms with Crippen molar-refractivity contribution in [2.75, 3.05) is 13.7 Å². The number of hydrogen-bond donors (Lipinski definition) is 1. The van der Waals surface area contributed by atoms with Crippen LogP contribution in [0.3, 0.4) is 0 Å². The van der Waals surface area contributed by atoms with Gasteiger partial charge in [0.15, 0.2) is 6.61 Å². The van der Waals surface area contributed by atoms with E-state index in [1.54, 1.807) is 43.5 Å². The van der Waals surface area contributed by atoms with Crippen LogP contribution in [0.1, 0.15) is 15.9 Å². The van der Waals surface area contributed by atoms with Gasteiger partial charge in [-0.1, -0.05) is 30.3 Å². The van der Waals surface area contributed by atoms with Crippen LogP contribution in [0, 0.1) is 0 Å². The fourth-order valence-corrected chi connectivity index (χ4v) is 3.16. The number of ether oxygens (including phenoxy) is 3. The second-order valence-electron chi connectivity index (χ2n) is 7.25. The molecular weight excluding hydrogens is 438 g/mol. The Bertz CT molecular complexity index is 1360. The molecule has 0 aliphatic heterocycles. The lowest BCUT2D eigenvalue weighted by Crippen LogP contribution is -2.27. The fourth-order valence-electron chi connectivity index (χ4n) is 3.16. The van der Waals surface area contributed by atoms with Crippen molar-refractivity contribution in [1.82, 2.24) is 5.32 Å². The van der Waals surface area contributed by atoms with E-state index >= 15 is 0 Å². The van der Waals surface area contributed by atoms with Gasteiger partial charge in [0.05, 0.1) is 7.11 Å². The van der Waals surface area contributed by atoms with E-state index in [0.29, 0.717) is 16.9 Å². The van der Waals surface area contributed by atoms with E-state index in [1.807, 2.05) is 30.3 Å². The fraction of sp³-hybridized carbons (Fsp3) is 0.115. The van der Waals surface area contributed by atoms with E-state index in [2.05, 4.69) is 5.32 Å². The van der Waals surface area contributed by atoms with Gasteiger partial charge < -0.3 is 23.9 Å². The Labute approximate surface area is 194 Å². The van der Waals surface area contributed by atoms with Crippen molar-refractivity contribution >= 4 is 22.8 Å². The molecule has 8 nitrogen and oxygen atoms in total. The van der Waals surface area contributed by atoms with Crippen molar-refractivity contribution in [3.63, 3.8) is 0 Å². The summed E-state index contributed by atoms with van der Waals surface area (Å²) in [5.74, 6) is 0.171. The molecule has 0 atom stereocenters. The highest BCUT2D eigenvalue weighted by molar-refractivity contribution is 5.96. The Kier molecular flexibility index (Phi) is 6.88. The van der Waals surface area contributed by atoms with E-state index in [4.69, 9.17) is 18.6 Å². The monoisotopic (exact) mass is 459 g/mol. The van der Waals surface area contributed by atoms with Crippen molar-refractivity contribution in [3.8, 4) is 17.2 Å². The van der Waals surface area contributed by atoms with E-state index in [1.165, 1.54) is 12.1 Å². The number of rotatable bonds is 8. The highest BCUT2D eigenvalue weighted by atomic mass is 16.6. The van der Waals surface area contributed by atoms with Crippen molar-refractivity contribution in [1.29, 1.82) is 0 Å². The SMILES string of the molecule is COc1ccc(OCC(=O)Oc2ccc3cc(C(=O)NCc4ccccc4)c(=O)oc3c2)cc1. The number of fused-ring (bicyclic) bond motifs is 1. The molecule has 0 saturated heterocycles. The second-order valence-corrected chi connectivity index (χ2v) is 7.25. The number of amides is 1. The molecule has 0 aliphatic rings. The highest BCUT2D eigenvalue weighted by Crippen LogP contribution is 2.21. The molecule has 3 aromatic carbocycles. The Morgan fingerprint density at radius 3 is 2.32 bits per heavy atom. The van der Waals surface area contributed by atoms with Gasteiger partial charge in [0.1, 0.15) is 28.4 Å². The lowest BCUT2D eigenvalue weighted by molar-refractivity contribution is -0.136. The molecular formula is C26H21NO7. The standard InChI is InChI=1S/C26H21NO7/c1-31-19-9-11-20(12-10-19)32-16-24(28)33-21-8-7-18-13-22(26(30)34-23(18)14-21)25(29)27-15-17-5-3-2-4-6-17/h2-14H,15-16H2,1H3,(H,27,29). The van der Waals surface area contributed by atoms with Crippen LogP contribution in [0.15, 0.2) is 88.1 Å². The molecule has 0 unspecified atom stereocenters. The van der Waals surface area contributed by atoms with Crippen LogP contribution >= 0.6 is 0 Å². The molecule has 1 N–H and O–H groups in total. The molecule has 0 fully saturated rings. The van der Waals surface area contributed by atoms with Crippen LogP contribution in [0.5, 0.6) is 17.2 Å². The maximum Gasteiger partial charge on any atom is 0.349 e. The van der Waals surface area contributed by atoms with Gasteiger partial charge >= 0.3 is 11.6 Å². The lowest BCUT2D eigenvalue weighted by atomic mass is 10.1. The highest BCUT2D eigenvalue weighted by Gasteiger charge is 2.15. The number of hydrogen-bond acceptors (Lipinski definition) is 7. The molecule has 1 heterocycles. The topological polar surface area (TPSA) is 104 Å². The summed E-state index contributed by atoms with van der Waals surface area (Å²) in [5, 5.41) is 3.22. The van der Waals surface area contributed by atoms with Crippen LogP contribution in [0.4, 0.5) is 0 Å². The molecule has 0 radical (unpaired) electrons. The Morgan fingerprint density at radius 2 is 1.59 bits per heavy atom. The predicted octanol–water partition coefficient (Wildman–Crippen LogP) is 3.72.